The molecule has 0 aromatic carbocycles. The molecule has 0 aliphatic carbocycles. The summed E-state index contributed by atoms with van der Waals surface area (Å²) in [6.07, 6.45) is 4.03. The third-order valence-electron chi connectivity index (χ3n) is 3.20. The first-order valence-electron chi connectivity index (χ1n) is 5.99. The van der Waals surface area contributed by atoms with Crippen molar-refractivity contribution in [2.75, 3.05) is 6.61 Å². The number of nitrogens with two attached hydrogens (primary N) is 1. The lowest BCUT2D eigenvalue weighted by Crippen LogP contribution is -2.36. The average Bonchev–Trinajstić information content (AvgIpc) is 2.79. The number of terminal acetylenes is 1. The maximum atomic E-state index is 11.8. The fraction of sp³-hybridized carbons (Fsp3) is 0.500. The Kier molecular flexibility index (Phi) is 4.06. The predicted octanol–water partition coefficient (Wildman–Crippen LogP) is -2.19. The lowest BCUT2D eigenvalue weighted by Gasteiger charge is -2.15. The van der Waals surface area contributed by atoms with E-state index >= 15 is 0 Å². The van der Waals surface area contributed by atoms with E-state index in [1.54, 1.807) is 0 Å². The Balaban J connectivity index is 2.41. The fourth-order valence-electron chi connectivity index (χ4n) is 2.08. The second kappa shape index (κ2) is 5.60. The lowest BCUT2D eigenvalue weighted by atomic mass is 10.1. The van der Waals surface area contributed by atoms with Gasteiger partial charge in [-0.05, 0) is 0 Å². The van der Waals surface area contributed by atoms with Crippen LogP contribution < -0.4 is 17.0 Å². The minimum atomic E-state index is -0.953. The SMILES string of the molecule is C#CC(N)c1cn([C@@H]2CC(O)[C@H](CO)O2)c(=O)[nH]c1=O. The van der Waals surface area contributed by atoms with Crippen LogP contribution in [-0.2, 0) is 4.74 Å². The molecule has 4 atom stereocenters. The molecule has 0 amide bonds. The number of aliphatic hydroxyl groups is 2. The molecule has 5 N–H and O–H groups in total. The van der Waals surface area contributed by atoms with Crippen LogP contribution in [-0.4, -0.2) is 38.6 Å². The highest BCUT2D eigenvalue weighted by atomic mass is 16.5. The normalized spacial score (nSPS) is 27.2. The van der Waals surface area contributed by atoms with Crippen LogP contribution in [0.2, 0.25) is 0 Å². The summed E-state index contributed by atoms with van der Waals surface area (Å²) < 4.78 is 6.45. The smallest absolute Gasteiger partial charge is 0.330 e. The first-order valence-corrected chi connectivity index (χ1v) is 5.99. The van der Waals surface area contributed by atoms with Crippen LogP contribution in [0.25, 0.3) is 0 Å². The zero-order valence-electron chi connectivity index (χ0n) is 10.5. The third-order valence-corrected chi connectivity index (χ3v) is 3.20. The molecule has 2 unspecified atom stereocenters. The average molecular weight is 281 g/mol. The maximum Gasteiger partial charge on any atom is 0.330 e. The Morgan fingerprint density at radius 1 is 1.65 bits per heavy atom. The number of H-pyrrole nitrogens is 1. The number of nitrogens with zero attached hydrogens (tertiary/aromatic N) is 1. The van der Waals surface area contributed by atoms with E-state index in [1.165, 1.54) is 6.20 Å². The van der Waals surface area contributed by atoms with Crippen LogP contribution in [0.3, 0.4) is 0 Å². The lowest BCUT2D eigenvalue weighted by molar-refractivity contribution is -0.0460. The van der Waals surface area contributed by atoms with Gasteiger partial charge in [0.25, 0.3) is 5.56 Å². The summed E-state index contributed by atoms with van der Waals surface area (Å²) in [7, 11) is 0. The van der Waals surface area contributed by atoms with Crippen molar-refractivity contribution in [1.29, 1.82) is 0 Å². The van der Waals surface area contributed by atoms with Crippen molar-refractivity contribution in [2.45, 2.75) is 30.9 Å². The molecule has 0 spiro atoms. The molecule has 1 aliphatic heterocycles. The Bertz CT molecular complexity index is 644. The molecule has 0 saturated carbocycles. The largest absolute Gasteiger partial charge is 0.394 e. The minimum Gasteiger partial charge on any atom is -0.394 e. The maximum absolute atomic E-state index is 11.8. The van der Waals surface area contributed by atoms with Crippen LogP contribution in [0, 0.1) is 12.3 Å². The van der Waals surface area contributed by atoms with Gasteiger partial charge in [-0.1, -0.05) is 5.92 Å². The van der Waals surface area contributed by atoms with Crippen molar-refractivity contribution in [3.8, 4) is 12.3 Å². The van der Waals surface area contributed by atoms with Crippen LogP contribution in [0.15, 0.2) is 15.8 Å². The van der Waals surface area contributed by atoms with E-state index < -0.39 is 35.7 Å². The van der Waals surface area contributed by atoms with E-state index in [0.717, 1.165) is 4.57 Å². The van der Waals surface area contributed by atoms with Gasteiger partial charge in [0.1, 0.15) is 12.3 Å². The van der Waals surface area contributed by atoms with Crippen molar-refractivity contribution >= 4 is 0 Å². The number of hydrogen-bond donors (Lipinski definition) is 4. The number of ether oxygens (including phenoxy) is 1. The van der Waals surface area contributed by atoms with Gasteiger partial charge in [0.15, 0.2) is 0 Å². The topological polar surface area (TPSA) is 131 Å². The Morgan fingerprint density at radius 3 is 2.90 bits per heavy atom. The number of nitrogens with one attached hydrogen (secondary N) is 1. The summed E-state index contributed by atoms with van der Waals surface area (Å²) in [5.74, 6) is 2.20. The van der Waals surface area contributed by atoms with Gasteiger partial charge in [0, 0.05) is 12.6 Å². The molecule has 2 heterocycles. The van der Waals surface area contributed by atoms with Crippen molar-refractivity contribution in [2.24, 2.45) is 5.73 Å². The molecule has 2 rings (SSSR count). The van der Waals surface area contributed by atoms with Crippen molar-refractivity contribution in [1.82, 2.24) is 9.55 Å². The van der Waals surface area contributed by atoms with E-state index in [9.17, 15) is 14.7 Å². The molecule has 8 heteroatoms. The van der Waals surface area contributed by atoms with E-state index in [2.05, 4.69) is 10.9 Å². The van der Waals surface area contributed by atoms with Crippen LogP contribution in [0.4, 0.5) is 0 Å². The Morgan fingerprint density at radius 2 is 2.35 bits per heavy atom. The van der Waals surface area contributed by atoms with Gasteiger partial charge in [0.05, 0.1) is 24.3 Å². The highest BCUT2D eigenvalue weighted by Crippen LogP contribution is 2.27. The standard InChI is InChI=1S/C12H15N3O5/c1-2-7(13)6-4-15(12(19)14-11(6)18)10-3-8(17)9(5-16)20-10/h1,4,7-10,16-17H,3,5,13H2,(H,14,18,19)/t7?,8?,9-,10-/m0/s1. The number of aromatic nitrogens is 2. The molecule has 1 aromatic heterocycles. The number of hydrogen-bond acceptors (Lipinski definition) is 6. The first-order chi connectivity index (χ1) is 9.47. The second-order valence-electron chi connectivity index (χ2n) is 4.51. The van der Waals surface area contributed by atoms with E-state index in [4.69, 9.17) is 22.0 Å². The van der Waals surface area contributed by atoms with Gasteiger partial charge in [0.2, 0.25) is 0 Å². The zero-order chi connectivity index (χ0) is 14.9. The van der Waals surface area contributed by atoms with E-state index in [-0.39, 0.29) is 18.6 Å². The van der Waals surface area contributed by atoms with Crippen molar-refractivity contribution in [3.05, 3.63) is 32.6 Å². The van der Waals surface area contributed by atoms with Gasteiger partial charge < -0.3 is 20.7 Å². The molecular formula is C12H15N3O5. The molecule has 20 heavy (non-hydrogen) atoms. The van der Waals surface area contributed by atoms with E-state index in [0.29, 0.717) is 0 Å². The monoisotopic (exact) mass is 281 g/mol. The summed E-state index contributed by atoms with van der Waals surface area (Å²) >= 11 is 0. The molecule has 8 nitrogen and oxygen atoms in total. The van der Waals surface area contributed by atoms with E-state index in [1.807, 2.05) is 0 Å². The van der Waals surface area contributed by atoms with Gasteiger partial charge >= 0.3 is 5.69 Å². The van der Waals surface area contributed by atoms with Crippen molar-refractivity contribution in [3.63, 3.8) is 0 Å². The zero-order valence-corrected chi connectivity index (χ0v) is 10.5. The molecule has 1 saturated heterocycles. The third kappa shape index (κ3) is 2.52. The highest BCUT2D eigenvalue weighted by Gasteiger charge is 2.35. The van der Waals surface area contributed by atoms with Gasteiger partial charge in [-0.3, -0.25) is 14.3 Å². The fourth-order valence-corrected chi connectivity index (χ4v) is 2.08. The van der Waals surface area contributed by atoms with Crippen LogP contribution in [0.1, 0.15) is 24.3 Å². The molecule has 1 fully saturated rings. The Hall–Kier alpha value is -1.92. The summed E-state index contributed by atoms with van der Waals surface area (Å²) in [6, 6.07) is -0.953. The Labute approximate surface area is 113 Å². The molecule has 1 aliphatic rings. The quantitative estimate of drug-likeness (QED) is 0.466. The summed E-state index contributed by atoms with van der Waals surface area (Å²) in [4.78, 5) is 25.5. The minimum absolute atomic E-state index is 0.0534. The number of aliphatic hydroxyl groups excluding tert-OH is 2. The summed E-state index contributed by atoms with van der Waals surface area (Å²) in [5, 5.41) is 18.7. The van der Waals surface area contributed by atoms with Gasteiger partial charge in [-0.25, -0.2) is 4.79 Å². The highest BCUT2D eigenvalue weighted by molar-refractivity contribution is 5.19. The first kappa shape index (κ1) is 14.5. The second-order valence-corrected chi connectivity index (χ2v) is 4.51. The van der Waals surface area contributed by atoms with Gasteiger partial charge in [-0.15, -0.1) is 6.42 Å². The molecule has 108 valence electrons. The predicted molar refractivity (Wildman–Crippen MR) is 68.7 cm³/mol. The number of aromatic amines is 1. The van der Waals surface area contributed by atoms with Gasteiger partial charge in [-0.2, -0.15) is 0 Å². The van der Waals surface area contributed by atoms with Crippen LogP contribution in [0.5, 0.6) is 0 Å². The summed E-state index contributed by atoms with van der Waals surface area (Å²) in [6.45, 7) is -0.369. The van der Waals surface area contributed by atoms with Crippen molar-refractivity contribution < 1.29 is 14.9 Å². The number of rotatable bonds is 3. The van der Waals surface area contributed by atoms with Crippen LogP contribution >= 0.6 is 0 Å². The molecular weight excluding hydrogens is 266 g/mol. The molecule has 0 bridgehead atoms. The molecule has 1 aromatic rings. The molecule has 0 radical (unpaired) electrons. The summed E-state index contributed by atoms with van der Waals surface area (Å²) in [5.41, 5.74) is 4.29.